The van der Waals surface area contributed by atoms with E-state index in [2.05, 4.69) is 60.8 Å². The van der Waals surface area contributed by atoms with Crippen LogP contribution in [0.15, 0.2) is 85.2 Å². The molecule has 0 amide bonds. The number of carbonyl (C=O) groups excluding carboxylic acids is 1. The number of rotatable bonds is 8. The van der Waals surface area contributed by atoms with Crippen molar-refractivity contribution in [2.45, 2.75) is 25.9 Å². The third-order valence-corrected chi connectivity index (χ3v) is 9.83. The van der Waals surface area contributed by atoms with E-state index in [1.807, 2.05) is 74.5 Å². The molecule has 54 heavy (non-hydrogen) atoms. The summed E-state index contributed by atoms with van der Waals surface area (Å²) in [5, 5.41) is 25.2. The van der Waals surface area contributed by atoms with E-state index in [1.54, 1.807) is 0 Å². The van der Waals surface area contributed by atoms with Crippen LogP contribution >= 0.6 is 0 Å². The standard InChI is InChI=1S/C39H36F2N12O/c1-23-31(48-50-33(25-9-5-3-6-10-25)35(23)52-19-17-42-21-27(52)38-44-15-13-29(40)46-38)37(54)32-24(2)36(34(51-49-32)26-11-7-4-8-12-26)53-20-18-43-22-28(53)39-45-16-14-30(41)47-39/h3-16,27-28,42-43H,17-22H2,1-2H3. The number of hydrogen-bond donors (Lipinski definition) is 2. The molecule has 6 heterocycles. The largest absolute Gasteiger partial charge is 0.357 e. The van der Waals surface area contributed by atoms with Gasteiger partial charge in [-0.05, 0) is 13.8 Å². The molecule has 2 aliphatic rings. The first kappa shape index (κ1) is 34.9. The Hall–Kier alpha value is -6.19. The molecule has 13 nitrogen and oxygen atoms in total. The lowest BCUT2D eigenvalue weighted by atomic mass is 9.97. The zero-order valence-corrected chi connectivity index (χ0v) is 29.6. The fourth-order valence-electron chi connectivity index (χ4n) is 7.28. The minimum absolute atomic E-state index is 0.100. The molecule has 2 atom stereocenters. The normalized spacial score (nSPS) is 17.4. The summed E-state index contributed by atoms with van der Waals surface area (Å²) in [6.45, 7) is 6.83. The van der Waals surface area contributed by atoms with Crippen LogP contribution in [0, 0.1) is 25.7 Å². The van der Waals surface area contributed by atoms with E-state index in [4.69, 9.17) is 0 Å². The number of aromatic nitrogens is 8. The van der Waals surface area contributed by atoms with E-state index >= 15 is 0 Å². The molecule has 2 N–H and O–H groups in total. The van der Waals surface area contributed by atoms with Crippen molar-refractivity contribution < 1.29 is 13.6 Å². The Morgan fingerprint density at radius 3 is 1.46 bits per heavy atom. The maximum atomic E-state index is 14.8. The van der Waals surface area contributed by atoms with Crippen molar-refractivity contribution in [3.8, 4) is 22.5 Å². The van der Waals surface area contributed by atoms with Crippen LogP contribution in [0.25, 0.3) is 22.5 Å². The minimum atomic E-state index is -0.631. The topological polar surface area (TPSA) is 151 Å². The lowest BCUT2D eigenvalue weighted by molar-refractivity contribution is 0.102. The predicted octanol–water partition coefficient (Wildman–Crippen LogP) is 4.61. The number of nitrogens with zero attached hydrogens (tertiary/aromatic N) is 10. The summed E-state index contributed by atoms with van der Waals surface area (Å²) >= 11 is 0. The van der Waals surface area contributed by atoms with Gasteiger partial charge in [-0.2, -0.15) is 8.78 Å². The summed E-state index contributed by atoms with van der Waals surface area (Å²) < 4.78 is 28.8. The van der Waals surface area contributed by atoms with Crippen LogP contribution in [-0.4, -0.2) is 85.4 Å². The Morgan fingerprint density at radius 2 is 1.06 bits per heavy atom. The van der Waals surface area contributed by atoms with Gasteiger partial charge in [-0.3, -0.25) is 4.79 Å². The van der Waals surface area contributed by atoms with E-state index in [-0.39, 0.29) is 11.4 Å². The number of piperazine rings is 2. The number of carbonyl (C=O) groups is 1. The first-order valence-corrected chi connectivity index (χ1v) is 17.7. The molecular formula is C39H36F2N12O. The van der Waals surface area contributed by atoms with E-state index in [0.29, 0.717) is 84.8 Å². The lowest BCUT2D eigenvalue weighted by Gasteiger charge is -2.39. The van der Waals surface area contributed by atoms with Crippen molar-refractivity contribution in [3.05, 3.63) is 131 Å². The van der Waals surface area contributed by atoms with Gasteiger partial charge in [0.05, 0.1) is 11.4 Å². The molecule has 272 valence electrons. The summed E-state index contributed by atoms with van der Waals surface area (Å²) in [6, 6.07) is 20.7. The average molecular weight is 727 g/mol. The number of hydrogen-bond acceptors (Lipinski definition) is 13. The fraction of sp³-hybridized carbons (Fsp3) is 0.256. The molecule has 2 aliphatic heterocycles. The maximum absolute atomic E-state index is 14.8. The van der Waals surface area contributed by atoms with Crippen LogP contribution < -0.4 is 20.4 Å². The monoisotopic (exact) mass is 726 g/mol. The second-order valence-corrected chi connectivity index (χ2v) is 13.1. The first-order chi connectivity index (χ1) is 26.4. The van der Waals surface area contributed by atoms with Gasteiger partial charge in [0.25, 0.3) is 0 Å². The van der Waals surface area contributed by atoms with Gasteiger partial charge in [-0.15, -0.1) is 20.4 Å². The molecule has 4 aromatic heterocycles. The van der Waals surface area contributed by atoms with E-state index in [1.165, 1.54) is 24.5 Å². The molecule has 0 bridgehead atoms. The zero-order valence-electron chi connectivity index (χ0n) is 29.6. The van der Waals surface area contributed by atoms with Gasteiger partial charge in [-0.25, -0.2) is 19.9 Å². The van der Waals surface area contributed by atoms with Gasteiger partial charge < -0.3 is 20.4 Å². The van der Waals surface area contributed by atoms with Crippen LogP contribution in [0.2, 0.25) is 0 Å². The molecule has 6 aromatic rings. The van der Waals surface area contributed by atoms with E-state index in [9.17, 15) is 13.6 Å². The molecule has 15 heteroatoms. The number of anilines is 2. The van der Waals surface area contributed by atoms with Gasteiger partial charge in [0, 0.05) is 86.0 Å². The average Bonchev–Trinajstić information content (AvgIpc) is 3.21. The second-order valence-electron chi connectivity index (χ2n) is 13.1. The molecule has 0 radical (unpaired) electrons. The molecule has 0 saturated carbocycles. The summed E-state index contributed by atoms with van der Waals surface area (Å²) in [7, 11) is 0. The highest BCUT2D eigenvalue weighted by Crippen LogP contribution is 2.40. The third kappa shape index (κ3) is 6.63. The van der Waals surface area contributed by atoms with Crippen molar-refractivity contribution in [2.24, 2.45) is 0 Å². The molecule has 0 spiro atoms. The Bertz CT molecular complexity index is 2150. The Kier molecular flexibility index (Phi) is 9.71. The highest BCUT2D eigenvalue weighted by molar-refractivity contribution is 6.10. The highest BCUT2D eigenvalue weighted by atomic mass is 19.1. The Morgan fingerprint density at radius 1 is 0.630 bits per heavy atom. The fourth-order valence-corrected chi connectivity index (χ4v) is 7.28. The van der Waals surface area contributed by atoms with Crippen LogP contribution in [-0.2, 0) is 0 Å². The first-order valence-electron chi connectivity index (χ1n) is 17.7. The van der Waals surface area contributed by atoms with Crippen molar-refractivity contribution in [1.29, 1.82) is 0 Å². The van der Waals surface area contributed by atoms with Gasteiger partial charge in [0.2, 0.25) is 17.7 Å². The van der Waals surface area contributed by atoms with Crippen LogP contribution in [0.3, 0.4) is 0 Å². The van der Waals surface area contributed by atoms with E-state index in [0.717, 1.165) is 11.1 Å². The molecule has 2 fully saturated rings. The Labute approximate surface area is 310 Å². The van der Waals surface area contributed by atoms with Gasteiger partial charge in [0.1, 0.15) is 34.9 Å². The molecule has 2 aromatic carbocycles. The van der Waals surface area contributed by atoms with E-state index < -0.39 is 29.8 Å². The molecule has 2 saturated heterocycles. The number of halogens is 2. The minimum Gasteiger partial charge on any atom is -0.357 e. The van der Waals surface area contributed by atoms with Crippen molar-refractivity contribution in [2.75, 3.05) is 49.1 Å². The van der Waals surface area contributed by atoms with Gasteiger partial charge in [-0.1, -0.05) is 60.7 Å². The maximum Gasteiger partial charge on any atom is 0.234 e. The third-order valence-electron chi connectivity index (χ3n) is 9.83. The van der Waals surface area contributed by atoms with Gasteiger partial charge >= 0.3 is 0 Å². The molecule has 8 rings (SSSR count). The SMILES string of the molecule is Cc1c(C(=O)c2nnc(-c3ccccc3)c(N3CCNCC3c3nccc(F)n3)c2C)nnc(-c2ccccc2)c1N1CCNCC1c1nccc(F)n1. The quantitative estimate of drug-likeness (QED) is 0.166. The highest BCUT2D eigenvalue weighted by Gasteiger charge is 2.35. The Balaban J connectivity index is 1.28. The smallest absolute Gasteiger partial charge is 0.234 e. The number of benzene rings is 2. The molecule has 2 unspecified atom stereocenters. The summed E-state index contributed by atoms with van der Waals surface area (Å²) in [5.41, 5.74) is 5.40. The summed E-state index contributed by atoms with van der Waals surface area (Å²) in [6.07, 6.45) is 2.80. The summed E-state index contributed by atoms with van der Waals surface area (Å²) in [4.78, 5) is 36.0. The molecular weight excluding hydrogens is 691 g/mol. The zero-order chi connectivity index (χ0) is 37.2. The van der Waals surface area contributed by atoms with Crippen molar-refractivity contribution >= 4 is 17.2 Å². The van der Waals surface area contributed by atoms with Crippen LogP contribution in [0.5, 0.6) is 0 Å². The summed E-state index contributed by atoms with van der Waals surface area (Å²) in [5.74, 6) is -1.11. The lowest BCUT2D eigenvalue weighted by Crippen LogP contribution is -2.47. The van der Waals surface area contributed by atoms with Crippen molar-refractivity contribution in [1.82, 2.24) is 51.0 Å². The van der Waals surface area contributed by atoms with Crippen molar-refractivity contribution in [3.63, 3.8) is 0 Å². The number of nitrogens with one attached hydrogen (secondary N) is 2. The van der Waals surface area contributed by atoms with Gasteiger partial charge in [0.15, 0.2) is 11.6 Å². The second kappa shape index (κ2) is 15.0. The van der Waals surface area contributed by atoms with Crippen LogP contribution in [0.4, 0.5) is 20.2 Å². The predicted molar refractivity (Wildman–Crippen MR) is 198 cm³/mol. The number of ketones is 1. The van der Waals surface area contributed by atoms with Crippen LogP contribution in [0.1, 0.15) is 51.0 Å². The molecule has 0 aliphatic carbocycles.